The predicted molar refractivity (Wildman–Crippen MR) is 116 cm³/mol. The maximum atomic E-state index is 12.9. The molecule has 148 valence electrons. The zero-order chi connectivity index (χ0) is 20.8. The van der Waals surface area contributed by atoms with Crippen LogP contribution in [0.2, 0.25) is 5.02 Å². The van der Waals surface area contributed by atoms with Crippen LogP contribution < -0.4 is 5.32 Å². The normalized spacial score (nSPS) is 12.0. The third kappa shape index (κ3) is 5.76. The van der Waals surface area contributed by atoms with Crippen molar-refractivity contribution in [1.29, 1.82) is 0 Å². The molecule has 0 saturated heterocycles. The molecule has 0 bridgehead atoms. The van der Waals surface area contributed by atoms with Crippen molar-refractivity contribution in [2.75, 3.05) is 5.32 Å². The fourth-order valence-corrected chi connectivity index (χ4v) is 3.31. The Balaban J connectivity index is 1.77. The molecule has 29 heavy (non-hydrogen) atoms. The third-order valence-corrected chi connectivity index (χ3v) is 5.24. The number of halogens is 1. The quantitative estimate of drug-likeness (QED) is 0.426. The zero-order valence-corrected chi connectivity index (χ0v) is 17.5. The van der Waals surface area contributed by atoms with Crippen molar-refractivity contribution in [1.82, 2.24) is 4.98 Å². The Morgan fingerprint density at radius 3 is 2.59 bits per heavy atom. The Labute approximate surface area is 178 Å². The van der Waals surface area contributed by atoms with Gasteiger partial charge in [0, 0.05) is 27.7 Å². The van der Waals surface area contributed by atoms with E-state index in [-0.39, 0.29) is 0 Å². The number of hydrogen-bond donors (Lipinski definition) is 1. The van der Waals surface area contributed by atoms with E-state index < -0.39 is 18.0 Å². The van der Waals surface area contributed by atoms with Crippen molar-refractivity contribution < 1.29 is 14.3 Å². The number of nitrogens with zero attached hydrogens (tertiary/aromatic N) is 1. The maximum absolute atomic E-state index is 12.9. The van der Waals surface area contributed by atoms with Gasteiger partial charge < -0.3 is 10.1 Å². The lowest BCUT2D eigenvalue weighted by atomic mass is 10.1. The summed E-state index contributed by atoms with van der Waals surface area (Å²) in [6.07, 6.45) is 1.72. The van der Waals surface area contributed by atoms with Gasteiger partial charge in [0.25, 0.3) is 5.91 Å². The Bertz CT molecular complexity index is 1050. The van der Waals surface area contributed by atoms with E-state index in [0.29, 0.717) is 22.0 Å². The Kier molecular flexibility index (Phi) is 6.80. The van der Waals surface area contributed by atoms with E-state index in [0.717, 1.165) is 10.6 Å². The highest BCUT2D eigenvalue weighted by Crippen LogP contribution is 2.24. The van der Waals surface area contributed by atoms with Crippen molar-refractivity contribution in [2.24, 2.45) is 0 Å². The number of anilines is 1. The van der Waals surface area contributed by atoms with Gasteiger partial charge in [0.1, 0.15) is 0 Å². The van der Waals surface area contributed by atoms with Crippen LogP contribution in [0.1, 0.15) is 27.9 Å². The van der Waals surface area contributed by atoms with Crippen molar-refractivity contribution in [3.05, 3.63) is 86.8 Å². The highest BCUT2D eigenvalue weighted by atomic mass is 35.5. The number of benzene rings is 2. The molecule has 2 aromatic carbocycles. The Morgan fingerprint density at radius 2 is 1.93 bits per heavy atom. The molecule has 1 unspecified atom stereocenters. The minimum Gasteiger partial charge on any atom is -0.444 e. The lowest BCUT2D eigenvalue weighted by Gasteiger charge is -2.17. The van der Waals surface area contributed by atoms with Gasteiger partial charge in [-0.15, -0.1) is 11.3 Å². The number of aromatic nitrogens is 1. The van der Waals surface area contributed by atoms with Crippen LogP contribution in [0.5, 0.6) is 0 Å². The van der Waals surface area contributed by atoms with Crippen molar-refractivity contribution in [3.63, 3.8) is 0 Å². The number of thiazole rings is 1. The molecule has 1 heterocycles. The smallest absolute Gasteiger partial charge is 0.331 e. The van der Waals surface area contributed by atoms with Crippen LogP contribution >= 0.6 is 22.9 Å². The number of esters is 1. The summed E-state index contributed by atoms with van der Waals surface area (Å²) in [6.45, 7) is 3.76. The van der Waals surface area contributed by atoms with Crippen LogP contribution in [0.25, 0.3) is 6.08 Å². The van der Waals surface area contributed by atoms with E-state index >= 15 is 0 Å². The summed E-state index contributed by atoms with van der Waals surface area (Å²) in [5.74, 6) is -1.11. The first kappa shape index (κ1) is 20.8. The summed E-state index contributed by atoms with van der Waals surface area (Å²) in [7, 11) is 0. The molecule has 0 aliphatic rings. The van der Waals surface area contributed by atoms with Crippen LogP contribution in [0, 0.1) is 13.8 Å². The van der Waals surface area contributed by atoms with Crippen molar-refractivity contribution in [2.45, 2.75) is 20.0 Å². The van der Waals surface area contributed by atoms with Gasteiger partial charge in [0.2, 0.25) is 6.10 Å². The van der Waals surface area contributed by atoms with E-state index in [2.05, 4.69) is 10.3 Å². The van der Waals surface area contributed by atoms with Crippen LogP contribution in [0.4, 0.5) is 5.69 Å². The molecule has 0 saturated carbocycles. The zero-order valence-electron chi connectivity index (χ0n) is 15.9. The number of hydrogen-bond acceptors (Lipinski definition) is 5. The van der Waals surface area contributed by atoms with E-state index in [1.54, 1.807) is 48.5 Å². The second-order valence-corrected chi connectivity index (χ2v) is 7.77. The highest BCUT2D eigenvalue weighted by molar-refractivity contribution is 7.09. The fraction of sp³-hybridized carbons (Fsp3) is 0.136. The topological polar surface area (TPSA) is 68.3 Å². The van der Waals surface area contributed by atoms with Gasteiger partial charge in [0.05, 0.1) is 10.7 Å². The third-order valence-electron chi connectivity index (χ3n) is 4.04. The number of ether oxygens (including phenoxy) is 1. The molecule has 7 heteroatoms. The van der Waals surface area contributed by atoms with Gasteiger partial charge in [-0.25, -0.2) is 9.78 Å². The number of carbonyl (C=O) groups is 2. The minimum atomic E-state index is -1.11. The minimum absolute atomic E-state index is 0.470. The van der Waals surface area contributed by atoms with Gasteiger partial charge >= 0.3 is 5.97 Å². The number of rotatable bonds is 6. The molecular formula is C22H19ClN2O3S. The summed E-state index contributed by atoms with van der Waals surface area (Å²) < 4.78 is 5.46. The van der Waals surface area contributed by atoms with E-state index in [1.807, 2.05) is 25.3 Å². The molecule has 1 atom stereocenters. The molecule has 0 aliphatic heterocycles. The monoisotopic (exact) mass is 426 g/mol. The molecule has 1 amide bonds. The molecule has 5 nitrogen and oxygen atoms in total. The SMILES string of the molecule is Cc1nc(/C=C/C(=O)OC(C(=O)Nc2ccc(C)c(Cl)c2)c2ccccc2)cs1. The Morgan fingerprint density at radius 1 is 1.17 bits per heavy atom. The lowest BCUT2D eigenvalue weighted by molar-refractivity contribution is -0.149. The summed E-state index contributed by atoms with van der Waals surface area (Å²) >= 11 is 7.61. The van der Waals surface area contributed by atoms with Crippen LogP contribution in [0.3, 0.4) is 0 Å². The molecule has 0 aliphatic carbocycles. The van der Waals surface area contributed by atoms with Crippen molar-refractivity contribution in [3.8, 4) is 0 Å². The van der Waals surface area contributed by atoms with Crippen LogP contribution in [-0.2, 0) is 14.3 Å². The Hall–Kier alpha value is -2.96. The van der Waals surface area contributed by atoms with Gasteiger partial charge in [-0.05, 0) is 37.6 Å². The predicted octanol–water partition coefficient (Wildman–Crippen LogP) is 5.35. The lowest BCUT2D eigenvalue weighted by Crippen LogP contribution is -2.25. The summed E-state index contributed by atoms with van der Waals surface area (Å²) in [4.78, 5) is 29.4. The molecule has 0 radical (unpaired) electrons. The van der Waals surface area contributed by atoms with Gasteiger partial charge in [-0.3, -0.25) is 4.79 Å². The number of nitrogens with one attached hydrogen (secondary N) is 1. The first-order valence-corrected chi connectivity index (χ1v) is 10.1. The van der Waals surface area contributed by atoms with E-state index in [4.69, 9.17) is 16.3 Å². The second-order valence-electron chi connectivity index (χ2n) is 6.31. The summed E-state index contributed by atoms with van der Waals surface area (Å²) in [5, 5.41) is 6.03. The average Bonchev–Trinajstić information content (AvgIpc) is 3.13. The molecule has 3 rings (SSSR count). The average molecular weight is 427 g/mol. The molecule has 0 spiro atoms. The van der Waals surface area contributed by atoms with E-state index in [1.165, 1.54) is 17.4 Å². The van der Waals surface area contributed by atoms with E-state index in [9.17, 15) is 9.59 Å². The molecule has 1 N–H and O–H groups in total. The number of amides is 1. The number of carbonyl (C=O) groups excluding carboxylic acids is 2. The first-order chi connectivity index (χ1) is 13.9. The summed E-state index contributed by atoms with van der Waals surface area (Å²) in [5.41, 5.74) is 2.66. The molecule has 3 aromatic rings. The van der Waals surface area contributed by atoms with Crippen molar-refractivity contribution >= 4 is 46.6 Å². The maximum Gasteiger partial charge on any atom is 0.331 e. The highest BCUT2D eigenvalue weighted by Gasteiger charge is 2.24. The molecule has 0 fully saturated rings. The van der Waals surface area contributed by atoms with Crippen LogP contribution in [0.15, 0.2) is 60.0 Å². The fourth-order valence-electron chi connectivity index (χ4n) is 2.54. The van der Waals surface area contributed by atoms with Crippen LogP contribution in [-0.4, -0.2) is 16.9 Å². The second kappa shape index (κ2) is 9.49. The van der Waals surface area contributed by atoms with Gasteiger partial charge in [0.15, 0.2) is 0 Å². The summed E-state index contributed by atoms with van der Waals surface area (Å²) in [6, 6.07) is 14.0. The largest absolute Gasteiger partial charge is 0.444 e. The standard InChI is InChI=1S/C22H19ClN2O3S/c1-14-8-9-17(12-19(14)23)25-22(27)21(16-6-4-3-5-7-16)28-20(26)11-10-18-13-29-15(2)24-18/h3-13,21H,1-2H3,(H,25,27)/b11-10+. The molecule has 1 aromatic heterocycles. The van der Waals surface area contributed by atoms with Gasteiger partial charge in [-0.2, -0.15) is 0 Å². The first-order valence-electron chi connectivity index (χ1n) is 8.85. The van der Waals surface area contributed by atoms with Gasteiger partial charge in [-0.1, -0.05) is 48.0 Å². The molecular weight excluding hydrogens is 408 g/mol. The number of aryl methyl sites for hydroxylation is 2.